The van der Waals surface area contributed by atoms with Crippen LogP contribution in [0.25, 0.3) is 0 Å². The predicted molar refractivity (Wildman–Crippen MR) is 99.7 cm³/mol. The maximum absolute atomic E-state index is 12.5. The molecule has 0 aliphatic heterocycles. The Kier molecular flexibility index (Phi) is 6.20. The van der Waals surface area contributed by atoms with Crippen LogP contribution in [0.3, 0.4) is 0 Å². The standard InChI is InChI=1S/C19H23NO4S/c1-4-5-13-25(22,23)20(3)18-12-7-6-11-17(18)19(21)24-16-10-8-9-15(2)14-16/h6-12,14H,4-5,13H2,1-3H3. The first-order valence-electron chi connectivity index (χ1n) is 8.19. The van der Waals surface area contributed by atoms with Gasteiger partial charge in [0.05, 0.1) is 17.0 Å². The van der Waals surface area contributed by atoms with Gasteiger partial charge in [0.2, 0.25) is 10.0 Å². The quantitative estimate of drug-likeness (QED) is 0.556. The average Bonchev–Trinajstić information content (AvgIpc) is 2.59. The lowest BCUT2D eigenvalue weighted by molar-refractivity contribution is 0.0735. The molecule has 134 valence electrons. The SMILES string of the molecule is CCCCS(=O)(=O)N(C)c1ccccc1C(=O)Oc1cccc(C)c1. The third kappa shape index (κ3) is 4.82. The number of esters is 1. The van der Waals surface area contributed by atoms with Gasteiger partial charge in [-0.3, -0.25) is 4.31 Å². The number of ether oxygens (including phenoxy) is 1. The molecule has 0 bridgehead atoms. The van der Waals surface area contributed by atoms with Crippen molar-refractivity contribution in [2.75, 3.05) is 17.1 Å². The molecule has 0 fully saturated rings. The average molecular weight is 361 g/mol. The third-order valence-electron chi connectivity index (χ3n) is 3.84. The van der Waals surface area contributed by atoms with E-state index in [-0.39, 0.29) is 11.3 Å². The van der Waals surface area contributed by atoms with E-state index in [1.807, 2.05) is 19.9 Å². The van der Waals surface area contributed by atoms with Crippen LogP contribution in [0.15, 0.2) is 48.5 Å². The summed E-state index contributed by atoms with van der Waals surface area (Å²) in [6.07, 6.45) is 1.35. The van der Waals surface area contributed by atoms with Crippen molar-refractivity contribution in [1.29, 1.82) is 0 Å². The van der Waals surface area contributed by atoms with Crippen LogP contribution in [-0.2, 0) is 10.0 Å². The van der Waals surface area contributed by atoms with E-state index in [2.05, 4.69) is 0 Å². The second-order valence-corrected chi connectivity index (χ2v) is 7.98. The number of nitrogens with zero attached hydrogens (tertiary/aromatic N) is 1. The van der Waals surface area contributed by atoms with Gasteiger partial charge < -0.3 is 4.74 Å². The number of rotatable bonds is 7. The maximum atomic E-state index is 12.5. The van der Waals surface area contributed by atoms with E-state index in [0.29, 0.717) is 17.9 Å². The fraction of sp³-hybridized carbons (Fsp3) is 0.316. The van der Waals surface area contributed by atoms with Gasteiger partial charge in [-0.1, -0.05) is 37.6 Å². The number of carbonyl (C=O) groups is 1. The molecule has 2 rings (SSSR count). The van der Waals surface area contributed by atoms with Gasteiger partial charge in [-0.15, -0.1) is 0 Å². The Morgan fingerprint density at radius 1 is 1.12 bits per heavy atom. The van der Waals surface area contributed by atoms with Gasteiger partial charge in [0, 0.05) is 7.05 Å². The Hall–Kier alpha value is -2.34. The Morgan fingerprint density at radius 2 is 1.84 bits per heavy atom. The topological polar surface area (TPSA) is 63.7 Å². The first-order valence-corrected chi connectivity index (χ1v) is 9.80. The van der Waals surface area contributed by atoms with Crippen LogP contribution in [0.2, 0.25) is 0 Å². The van der Waals surface area contributed by atoms with E-state index in [0.717, 1.165) is 16.3 Å². The van der Waals surface area contributed by atoms with Crippen LogP contribution >= 0.6 is 0 Å². The van der Waals surface area contributed by atoms with Crippen molar-refractivity contribution < 1.29 is 17.9 Å². The minimum Gasteiger partial charge on any atom is -0.423 e. The summed E-state index contributed by atoms with van der Waals surface area (Å²) in [5.74, 6) is -0.114. The molecule has 0 amide bonds. The largest absolute Gasteiger partial charge is 0.423 e. The lowest BCUT2D eigenvalue weighted by atomic mass is 10.2. The number of sulfonamides is 1. The summed E-state index contributed by atoms with van der Waals surface area (Å²) in [7, 11) is -2.02. The second kappa shape index (κ2) is 8.16. The number of hydrogen-bond acceptors (Lipinski definition) is 4. The highest BCUT2D eigenvalue weighted by molar-refractivity contribution is 7.92. The highest BCUT2D eigenvalue weighted by Gasteiger charge is 2.23. The molecule has 25 heavy (non-hydrogen) atoms. The lowest BCUT2D eigenvalue weighted by Crippen LogP contribution is -2.30. The van der Waals surface area contributed by atoms with Crippen LogP contribution in [-0.4, -0.2) is 27.2 Å². The second-order valence-electron chi connectivity index (χ2n) is 5.86. The number of aryl methyl sites for hydroxylation is 1. The summed E-state index contributed by atoms with van der Waals surface area (Å²) in [5.41, 5.74) is 1.50. The monoisotopic (exact) mass is 361 g/mol. The van der Waals surface area contributed by atoms with Gasteiger partial charge in [-0.25, -0.2) is 13.2 Å². The molecule has 2 aromatic rings. The van der Waals surface area contributed by atoms with Gasteiger partial charge in [-0.05, 0) is 43.2 Å². The molecule has 6 heteroatoms. The summed E-state index contributed by atoms with van der Waals surface area (Å²) in [5, 5.41) is 0. The maximum Gasteiger partial charge on any atom is 0.345 e. The van der Waals surface area contributed by atoms with Crippen molar-refractivity contribution in [3.63, 3.8) is 0 Å². The highest BCUT2D eigenvalue weighted by atomic mass is 32.2. The van der Waals surface area contributed by atoms with E-state index in [4.69, 9.17) is 4.74 Å². The Morgan fingerprint density at radius 3 is 2.52 bits per heavy atom. The summed E-state index contributed by atoms with van der Waals surface area (Å²) in [4.78, 5) is 12.5. The molecule has 0 saturated heterocycles. The minimum atomic E-state index is -3.49. The Labute approximate surface area is 149 Å². The van der Waals surface area contributed by atoms with Gasteiger partial charge in [0.15, 0.2) is 0 Å². The zero-order valence-electron chi connectivity index (χ0n) is 14.7. The molecule has 0 N–H and O–H groups in total. The van der Waals surface area contributed by atoms with Crippen LogP contribution < -0.4 is 9.04 Å². The van der Waals surface area contributed by atoms with Gasteiger partial charge in [0.1, 0.15) is 5.75 Å². The molecule has 0 heterocycles. The molecular formula is C19H23NO4S. The predicted octanol–water partition coefficient (Wildman–Crippen LogP) is 3.78. The van der Waals surface area contributed by atoms with Crippen LogP contribution in [0.1, 0.15) is 35.7 Å². The van der Waals surface area contributed by atoms with Crippen molar-refractivity contribution in [3.8, 4) is 5.75 Å². The fourth-order valence-corrected chi connectivity index (χ4v) is 3.76. The molecule has 0 atom stereocenters. The number of hydrogen-bond donors (Lipinski definition) is 0. The number of unbranched alkanes of at least 4 members (excludes halogenated alkanes) is 1. The summed E-state index contributed by atoms with van der Waals surface area (Å²) in [6, 6.07) is 13.7. The first kappa shape index (κ1) is 19.0. The van der Waals surface area contributed by atoms with Crippen molar-refractivity contribution >= 4 is 21.7 Å². The number of carbonyl (C=O) groups excluding carboxylic acids is 1. The van der Waals surface area contributed by atoms with Crippen molar-refractivity contribution in [1.82, 2.24) is 0 Å². The molecule has 0 unspecified atom stereocenters. The van der Waals surface area contributed by atoms with E-state index in [1.54, 1.807) is 42.5 Å². The van der Waals surface area contributed by atoms with E-state index >= 15 is 0 Å². The minimum absolute atomic E-state index is 0.0429. The molecular weight excluding hydrogens is 338 g/mol. The molecule has 2 aromatic carbocycles. The normalized spacial score (nSPS) is 11.2. The molecule has 0 aliphatic rings. The lowest BCUT2D eigenvalue weighted by Gasteiger charge is -2.21. The molecule has 0 saturated carbocycles. The van der Waals surface area contributed by atoms with Crippen molar-refractivity contribution in [3.05, 3.63) is 59.7 Å². The van der Waals surface area contributed by atoms with Crippen LogP contribution in [0.5, 0.6) is 5.75 Å². The highest BCUT2D eigenvalue weighted by Crippen LogP contribution is 2.24. The smallest absolute Gasteiger partial charge is 0.345 e. The third-order valence-corrected chi connectivity index (χ3v) is 5.67. The summed E-state index contributed by atoms with van der Waals surface area (Å²) < 4.78 is 31.5. The summed E-state index contributed by atoms with van der Waals surface area (Å²) >= 11 is 0. The van der Waals surface area contributed by atoms with Gasteiger partial charge >= 0.3 is 5.97 Å². The van der Waals surface area contributed by atoms with Crippen LogP contribution in [0.4, 0.5) is 5.69 Å². The molecule has 0 aliphatic carbocycles. The number of para-hydroxylation sites is 1. The fourth-order valence-electron chi connectivity index (χ4n) is 2.38. The van der Waals surface area contributed by atoms with E-state index in [1.165, 1.54) is 7.05 Å². The number of benzene rings is 2. The first-order chi connectivity index (χ1) is 11.8. The Balaban J connectivity index is 2.29. The summed E-state index contributed by atoms with van der Waals surface area (Å²) in [6.45, 7) is 3.84. The zero-order chi connectivity index (χ0) is 18.4. The van der Waals surface area contributed by atoms with Gasteiger partial charge in [0.25, 0.3) is 0 Å². The van der Waals surface area contributed by atoms with Crippen molar-refractivity contribution in [2.24, 2.45) is 0 Å². The number of anilines is 1. The van der Waals surface area contributed by atoms with Gasteiger partial charge in [-0.2, -0.15) is 0 Å². The molecule has 5 nitrogen and oxygen atoms in total. The van der Waals surface area contributed by atoms with E-state index in [9.17, 15) is 13.2 Å². The molecule has 0 aromatic heterocycles. The molecule has 0 radical (unpaired) electrons. The Bertz CT molecular complexity index is 846. The van der Waals surface area contributed by atoms with Crippen LogP contribution in [0, 0.1) is 6.92 Å². The zero-order valence-corrected chi connectivity index (χ0v) is 15.5. The van der Waals surface area contributed by atoms with Crippen molar-refractivity contribution in [2.45, 2.75) is 26.7 Å². The molecule has 0 spiro atoms. The van der Waals surface area contributed by atoms with E-state index < -0.39 is 16.0 Å².